The maximum absolute atomic E-state index is 10.8. The molecule has 0 aliphatic heterocycles. The van der Waals surface area contributed by atoms with Gasteiger partial charge in [0.25, 0.3) is 0 Å². The van der Waals surface area contributed by atoms with E-state index in [1.165, 1.54) is 0 Å². The van der Waals surface area contributed by atoms with Crippen molar-refractivity contribution in [3.63, 3.8) is 0 Å². The van der Waals surface area contributed by atoms with E-state index in [1.807, 2.05) is 26.0 Å². The highest BCUT2D eigenvalue weighted by atomic mass is 16.5. The van der Waals surface area contributed by atoms with Gasteiger partial charge < -0.3 is 9.84 Å². The molecular weight excluding hydrogens is 330 g/mol. The zero-order valence-corrected chi connectivity index (χ0v) is 14.6. The van der Waals surface area contributed by atoms with Gasteiger partial charge in [-0.05, 0) is 31.5 Å². The molecular formula is C19H17N5O2. The fourth-order valence-electron chi connectivity index (χ4n) is 3.10. The predicted octanol–water partition coefficient (Wildman–Crippen LogP) is 3.21. The highest BCUT2D eigenvalue weighted by Crippen LogP contribution is 2.36. The van der Waals surface area contributed by atoms with Gasteiger partial charge in [-0.2, -0.15) is 0 Å². The van der Waals surface area contributed by atoms with Gasteiger partial charge in [0, 0.05) is 24.2 Å². The van der Waals surface area contributed by atoms with Crippen molar-refractivity contribution in [3.05, 3.63) is 54.4 Å². The van der Waals surface area contributed by atoms with Gasteiger partial charge in [-0.15, -0.1) is 0 Å². The average Bonchev–Trinajstić information content (AvgIpc) is 2.93. The second-order valence-electron chi connectivity index (χ2n) is 5.97. The minimum Gasteiger partial charge on any atom is -0.495 e. The molecule has 0 radical (unpaired) electrons. The number of aromatic hydroxyl groups is 1. The standard InChI is InChI=1S/C19H17N5O2/c1-11-6-15(13-7-14(26-3)9-21-8-13)23-18-12(2)24(19(25)17(11)18)16-10-20-4-5-22-16/h4-10,25H,1-3H3. The maximum atomic E-state index is 10.8. The van der Waals surface area contributed by atoms with Gasteiger partial charge in [0.05, 0.1) is 41.8 Å². The molecule has 0 atom stereocenters. The molecule has 4 rings (SSSR count). The van der Waals surface area contributed by atoms with Crippen molar-refractivity contribution in [2.24, 2.45) is 0 Å². The summed E-state index contributed by atoms with van der Waals surface area (Å²) < 4.78 is 6.91. The van der Waals surface area contributed by atoms with Crippen LogP contribution >= 0.6 is 0 Å². The molecule has 7 nitrogen and oxygen atoms in total. The summed E-state index contributed by atoms with van der Waals surface area (Å²) in [6.07, 6.45) is 8.18. The molecule has 7 heteroatoms. The molecule has 0 saturated carbocycles. The lowest BCUT2D eigenvalue weighted by atomic mass is 10.1. The van der Waals surface area contributed by atoms with E-state index in [-0.39, 0.29) is 5.88 Å². The number of hydrogen-bond donors (Lipinski definition) is 1. The summed E-state index contributed by atoms with van der Waals surface area (Å²) in [5, 5.41) is 11.5. The van der Waals surface area contributed by atoms with E-state index in [1.54, 1.807) is 42.7 Å². The van der Waals surface area contributed by atoms with Crippen LogP contribution < -0.4 is 4.74 Å². The molecule has 0 amide bonds. The molecule has 130 valence electrons. The van der Waals surface area contributed by atoms with Gasteiger partial charge in [0.1, 0.15) is 5.75 Å². The van der Waals surface area contributed by atoms with E-state index in [2.05, 4.69) is 15.0 Å². The Bertz CT molecular complexity index is 1110. The number of pyridine rings is 2. The molecule has 4 aromatic heterocycles. The number of fused-ring (bicyclic) bond motifs is 1. The van der Waals surface area contributed by atoms with Crippen molar-refractivity contribution in [1.29, 1.82) is 0 Å². The topological polar surface area (TPSA) is 86.0 Å². The van der Waals surface area contributed by atoms with E-state index < -0.39 is 0 Å². The first-order chi connectivity index (χ1) is 12.6. The predicted molar refractivity (Wildman–Crippen MR) is 97.6 cm³/mol. The SMILES string of the molecule is COc1cncc(-c2cc(C)c3c(O)n(-c4cnccn4)c(C)c3n2)c1. The highest BCUT2D eigenvalue weighted by molar-refractivity contribution is 5.93. The number of ether oxygens (including phenoxy) is 1. The van der Waals surface area contributed by atoms with E-state index in [0.717, 1.165) is 22.5 Å². The molecule has 0 aliphatic rings. The van der Waals surface area contributed by atoms with Gasteiger partial charge in [0.15, 0.2) is 5.82 Å². The minimum atomic E-state index is 0.110. The summed E-state index contributed by atoms with van der Waals surface area (Å²) in [4.78, 5) is 17.3. The Balaban J connectivity index is 1.97. The Hall–Kier alpha value is -3.48. The molecule has 0 spiro atoms. The summed E-state index contributed by atoms with van der Waals surface area (Å²) in [5.74, 6) is 1.32. The van der Waals surface area contributed by atoms with Crippen LogP contribution in [0.5, 0.6) is 11.6 Å². The molecule has 1 N–H and O–H groups in total. The van der Waals surface area contributed by atoms with Crippen molar-refractivity contribution in [1.82, 2.24) is 24.5 Å². The fourth-order valence-corrected chi connectivity index (χ4v) is 3.10. The third-order valence-corrected chi connectivity index (χ3v) is 4.35. The third kappa shape index (κ3) is 2.45. The Labute approximate surface area is 150 Å². The zero-order chi connectivity index (χ0) is 18.3. The first-order valence-corrected chi connectivity index (χ1v) is 8.07. The Morgan fingerprint density at radius 1 is 1.04 bits per heavy atom. The lowest BCUT2D eigenvalue weighted by Crippen LogP contribution is -1.99. The number of aromatic nitrogens is 5. The lowest BCUT2D eigenvalue weighted by Gasteiger charge is -2.06. The quantitative estimate of drug-likeness (QED) is 0.612. The molecule has 0 saturated heterocycles. The van der Waals surface area contributed by atoms with Crippen LogP contribution in [0.15, 0.2) is 43.1 Å². The Kier molecular flexibility index (Phi) is 3.76. The fraction of sp³-hybridized carbons (Fsp3) is 0.158. The van der Waals surface area contributed by atoms with Gasteiger partial charge in [-0.3, -0.25) is 14.5 Å². The van der Waals surface area contributed by atoms with Crippen molar-refractivity contribution in [2.45, 2.75) is 13.8 Å². The Morgan fingerprint density at radius 3 is 2.62 bits per heavy atom. The smallest absolute Gasteiger partial charge is 0.207 e. The zero-order valence-electron chi connectivity index (χ0n) is 14.6. The van der Waals surface area contributed by atoms with Crippen molar-refractivity contribution >= 4 is 10.9 Å². The third-order valence-electron chi connectivity index (χ3n) is 4.35. The number of nitrogens with zero attached hydrogens (tertiary/aromatic N) is 5. The number of hydrogen-bond acceptors (Lipinski definition) is 6. The summed E-state index contributed by atoms with van der Waals surface area (Å²) in [6, 6.07) is 3.81. The van der Waals surface area contributed by atoms with E-state index in [9.17, 15) is 5.11 Å². The van der Waals surface area contributed by atoms with Crippen LogP contribution in [0.25, 0.3) is 28.0 Å². The summed E-state index contributed by atoms with van der Waals surface area (Å²) in [7, 11) is 1.60. The average molecular weight is 347 g/mol. The van der Waals surface area contributed by atoms with Crippen LogP contribution in [-0.4, -0.2) is 36.7 Å². The molecule has 4 heterocycles. The molecule has 4 aromatic rings. The normalized spacial score (nSPS) is 11.0. The van der Waals surface area contributed by atoms with E-state index >= 15 is 0 Å². The van der Waals surface area contributed by atoms with Crippen LogP contribution in [0.4, 0.5) is 0 Å². The van der Waals surface area contributed by atoms with E-state index in [4.69, 9.17) is 9.72 Å². The van der Waals surface area contributed by atoms with Crippen LogP contribution in [0, 0.1) is 13.8 Å². The molecule has 0 aliphatic carbocycles. The summed E-state index contributed by atoms with van der Waals surface area (Å²) in [5.41, 5.74) is 4.03. The summed E-state index contributed by atoms with van der Waals surface area (Å²) >= 11 is 0. The van der Waals surface area contributed by atoms with Gasteiger partial charge >= 0.3 is 0 Å². The molecule has 0 bridgehead atoms. The van der Waals surface area contributed by atoms with Crippen molar-refractivity contribution in [3.8, 4) is 28.7 Å². The lowest BCUT2D eigenvalue weighted by molar-refractivity contribution is 0.413. The largest absolute Gasteiger partial charge is 0.495 e. The molecule has 0 fully saturated rings. The van der Waals surface area contributed by atoms with Gasteiger partial charge in [-0.1, -0.05) is 0 Å². The molecule has 26 heavy (non-hydrogen) atoms. The number of methoxy groups -OCH3 is 1. The molecule has 0 aromatic carbocycles. The first-order valence-electron chi connectivity index (χ1n) is 8.07. The second kappa shape index (κ2) is 6.11. The maximum Gasteiger partial charge on any atom is 0.207 e. The molecule has 0 unspecified atom stereocenters. The van der Waals surface area contributed by atoms with Crippen molar-refractivity contribution in [2.75, 3.05) is 7.11 Å². The monoisotopic (exact) mass is 347 g/mol. The van der Waals surface area contributed by atoms with Crippen molar-refractivity contribution < 1.29 is 9.84 Å². The van der Waals surface area contributed by atoms with Gasteiger partial charge in [0.2, 0.25) is 5.88 Å². The number of aryl methyl sites for hydroxylation is 2. The van der Waals surface area contributed by atoms with Gasteiger partial charge in [-0.25, -0.2) is 9.97 Å². The van der Waals surface area contributed by atoms with Crippen LogP contribution in [0.1, 0.15) is 11.3 Å². The van der Waals surface area contributed by atoms with Crippen LogP contribution in [0.2, 0.25) is 0 Å². The highest BCUT2D eigenvalue weighted by Gasteiger charge is 2.20. The van der Waals surface area contributed by atoms with Crippen LogP contribution in [0.3, 0.4) is 0 Å². The summed E-state index contributed by atoms with van der Waals surface area (Å²) in [6.45, 7) is 3.85. The minimum absolute atomic E-state index is 0.110. The van der Waals surface area contributed by atoms with Crippen LogP contribution in [-0.2, 0) is 0 Å². The second-order valence-corrected chi connectivity index (χ2v) is 5.97. The number of rotatable bonds is 3. The first kappa shape index (κ1) is 16.0. The van der Waals surface area contributed by atoms with E-state index in [0.29, 0.717) is 22.5 Å². The Morgan fingerprint density at radius 2 is 1.88 bits per heavy atom.